The molecule has 0 aliphatic carbocycles. The Morgan fingerprint density at radius 2 is 2.10 bits per heavy atom. The summed E-state index contributed by atoms with van der Waals surface area (Å²) in [5.74, 6) is 0.108. The number of nitrogens with zero attached hydrogens (tertiary/aromatic N) is 3. The molecule has 0 saturated heterocycles. The van der Waals surface area contributed by atoms with E-state index in [-0.39, 0.29) is 15.9 Å². The molecule has 0 bridgehead atoms. The van der Waals surface area contributed by atoms with Gasteiger partial charge in [0.25, 0.3) is 5.91 Å². The number of hydrogen-bond donors (Lipinski definition) is 2. The molecule has 1 atom stereocenters. The summed E-state index contributed by atoms with van der Waals surface area (Å²) in [6.45, 7) is 0. The number of carbonyl (C=O) groups excluding carboxylic acids is 1. The van der Waals surface area contributed by atoms with Gasteiger partial charge in [0, 0.05) is 24.7 Å². The van der Waals surface area contributed by atoms with Crippen molar-refractivity contribution in [2.24, 2.45) is 0 Å². The molecule has 1 unspecified atom stereocenters. The summed E-state index contributed by atoms with van der Waals surface area (Å²) < 4.78 is 43.2. The van der Waals surface area contributed by atoms with Gasteiger partial charge in [0.2, 0.25) is 0 Å². The number of carbonyl (C=O) groups is 1. The molecule has 3 rings (SSSR count). The predicted molar refractivity (Wildman–Crippen MR) is 102 cm³/mol. The number of alkyl halides is 3. The van der Waals surface area contributed by atoms with E-state index in [1.807, 2.05) is 0 Å². The first kappa shape index (κ1) is 21.0. The smallest absolute Gasteiger partial charge is 0.417 e. The van der Waals surface area contributed by atoms with Crippen LogP contribution in [0.3, 0.4) is 0 Å². The number of hydrazine groups is 1. The zero-order chi connectivity index (χ0) is 21.2. The molecule has 3 heterocycles. The second-order valence-corrected chi connectivity index (χ2v) is 6.65. The third-order valence-corrected chi connectivity index (χ3v) is 4.68. The van der Waals surface area contributed by atoms with Crippen LogP contribution in [0.5, 0.6) is 5.75 Å². The second-order valence-electron chi connectivity index (χ2n) is 5.86. The molecular weight excluding hydrogens is 434 g/mol. The van der Waals surface area contributed by atoms with Crippen LogP contribution >= 0.6 is 23.2 Å². The van der Waals surface area contributed by atoms with Gasteiger partial charge in [-0.2, -0.15) is 13.2 Å². The van der Waals surface area contributed by atoms with Crippen molar-refractivity contribution in [3.05, 3.63) is 52.4 Å². The number of pyridine rings is 2. The number of halogens is 5. The number of hydrogen-bond acceptors (Lipinski definition) is 6. The van der Waals surface area contributed by atoms with Gasteiger partial charge in [0.1, 0.15) is 16.8 Å². The van der Waals surface area contributed by atoms with Crippen LogP contribution in [0.25, 0.3) is 0 Å². The van der Waals surface area contributed by atoms with Gasteiger partial charge in [0.15, 0.2) is 11.6 Å². The van der Waals surface area contributed by atoms with Crippen LogP contribution in [0.2, 0.25) is 10.0 Å². The maximum atomic E-state index is 12.7. The van der Waals surface area contributed by atoms with Crippen LogP contribution < -0.4 is 20.5 Å². The third-order valence-electron chi connectivity index (χ3n) is 4.04. The Balaban J connectivity index is 1.71. The van der Waals surface area contributed by atoms with Gasteiger partial charge in [-0.25, -0.2) is 9.97 Å². The zero-order valence-corrected chi connectivity index (χ0v) is 16.3. The van der Waals surface area contributed by atoms with Gasteiger partial charge >= 0.3 is 6.18 Å². The summed E-state index contributed by atoms with van der Waals surface area (Å²) in [5, 5.41) is -0.0567. The van der Waals surface area contributed by atoms with E-state index in [4.69, 9.17) is 27.9 Å². The van der Waals surface area contributed by atoms with E-state index in [0.29, 0.717) is 30.3 Å². The highest BCUT2D eigenvalue weighted by Crippen LogP contribution is 2.35. The van der Waals surface area contributed by atoms with E-state index in [1.165, 1.54) is 13.3 Å². The quantitative estimate of drug-likeness (QED) is 0.673. The van der Waals surface area contributed by atoms with Crippen molar-refractivity contribution in [1.82, 2.24) is 15.4 Å². The first-order chi connectivity index (χ1) is 13.7. The number of anilines is 2. The number of ether oxygens (including phenoxy) is 1. The first-order valence-electron chi connectivity index (χ1n) is 8.14. The fourth-order valence-corrected chi connectivity index (χ4v) is 3.11. The van der Waals surface area contributed by atoms with Gasteiger partial charge in [-0.1, -0.05) is 29.3 Å². The molecule has 2 N–H and O–H groups in total. The molecule has 0 saturated carbocycles. The summed E-state index contributed by atoms with van der Waals surface area (Å²) in [7, 11) is 1.46. The standard InChI is InChI=1S/C17H14Cl2F3N5O2/c1-29-12-4-5-23-15(13(12)19)27-6-2-3-11(27)16(28)26-25-14-10(18)7-9(8-24-14)17(20,21)22/h2,4-8,11H,3H2,1H3,(H,24,25)(H,26,28). The van der Waals surface area contributed by atoms with Crippen molar-refractivity contribution in [2.45, 2.75) is 18.6 Å². The molecule has 0 fully saturated rings. The Morgan fingerprint density at radius 3 is 2.76 bits per heavy atom. The van der Waals surface area contributed by atoms with Crippen molar-refractivity contribution in [3.8, 4) is 5.75 Å². The van der Waals surface area contributed by atoms with E-state index in [0.717, 1.165) is 0 Å². The minimum Gasteiger partial charge on any atom is -0.495 e. The Bertz CT molecular complexity index is 955. The molecule has 2 aromatic rings. The molecular formula is C17H14Cl2F3N5O2. The lowest BCUT2D eigenvalue weighted by molar-refractivity contribution is -0.137. The summed E-state index contributed by atoms with van der Waals surface area (Å²) in [5.41, 5.74) is 3.83. The van der Waals surface area contributed by atoms with Crippen LogP contribution in [0, 0.1) is 0 Å². The lowest BCUT2D eigenvalue weighted by atomic mass is 10.2. The SMILES string of the molecule is COc1ccnc(N2C=CCC2C(=O)NNc2ncc(C(F)(F)F)cc2Cl)c1Cl. The number of amides is 1. The molecule has 154 valence electrons. The Kier molecular flexibility index (Phi) is 6.04. The Hall–Kier alpha value is -2.72. The minimum atomic E-state index is -4.57. The van der Waals surface area contributed by atoms with Crippen LogP contribution in [0.15, 0.2) is 36.8 Å². The average molecular weight is 448 g/mol. The molecule has 0 radical (unpaired) electrons. The van der Waals surface area contributed by atoms with Crippen LogP contribution in [-0.4, -0.2) is 29.0 Å². The zero-order valence-electron chi connectivity index (χ0n) is 14.8. The van der Waals surface area contributed by atoms with E-state index >= 15 is 0 Å². The highest BCUT2D eigenvalue weighted by atomic mass is 35.5. The molecule has 7 nitrogen and oxygen atoms in total. The highest BCUT2D eigenvalue weighted by Gasteiger charge is 2.32. The monoisotopic (exact) mass is 447 g/mol. The lowest BCUT2D eigenvalue weighted by Gasteiger charge is -2.25. The van der Waals surface area contributed by atoms with Gasteiger partial charge in [-0.05, 0) is 12.5 Å². The van der Waals surface area contributed by atoms with Crippen LogP contribution in [0.4, 0.5) is 24.8 Å². The van der Waals surface area contributed by atoms with Crippen molar-refractivity contribution in [2.75, 3.05) is 17.4 Å². The highest BCUT2D eigenvalue weighted by molar-refractivity contribution is 6.34. The fraction of sp³-hybridized carbons (Fsp3) is 0.235. The van der Waals surface area contributed by atoms with Crippen molar-refractivity contribution >= 4 is 40.7 Å². The second kappa shape index (κ2) is 8.34. The maximum absolute atomic E-state index is 12.7. The van der Waals surface area contributed by atoms with Crippen molar-refractivity contribution < 1.29 is 22.7 Å². The molecule has 1 amide bonds. The van der Waals surface area contributed by atoms with Gasteiger partial charge in [-0.3, -0.25) is 15.6 Å². The van der Waals surface area contributed by atoms with E-state index in [9.17, 15) is 18.0 Å². The summed E-state index contributed by atoms with van der Waals surface area (Å²) in [6, 6.07) is 1.60. The van der Waals surface area contributed by atoms with Gasteiger partial charge in [-0.15, -0.1) is 0 Å². The van der Waals surface area contributed by atoms with Gasteiger partial charge < -0.3 is 9.64 Å². The predicted octanol–water partition coefficient (Wildman–Crippen LogP) is 4.05. The summed E-state index contributed by atoms with van der Waals surface area (Å²) in [6.07, 6.45) is 1.30. The van der Waals surface area contributed by atoms with Crippen molar-refractivity contribution in [1.29, 1.82) is 0 Å². The summed E-state index contributed by atoms with van der Waals surface area (Å²) >= 11 is 12.1. The first-order valence-corrected chi connectivity index (χ1v) is 8.90. The lowest BCUT2D eigenvalue weighted by Crippen LogP contribution is -2.45. The largest absolute Gasteiger partial charge is 0.495 e. The average Bonchev–Trinajstić information content (AvgIpc) is 3.16. The van der Waals surface area contributed by atoms with Crippen molar-refractivity contribution in [3.63, 3.8) is 0 Å². The Morgan fingerprint density at radius 1 is 1.34 bits per heavy atom. The molecule has 0 aromatic carbocycles. The van der Waals surface area contributed by atoms with Crippen LogP contribution in [0.1, 0.15) is 12.0 Å². The molecule has 12 heteroatoms. The normalized spacial score (nSPS) is 16.1. The number of nitrogens with one attached hydrogen (secondary N) is 2. The summed E-state index contributed by atoms with van der Waals surface area (Å²) in [4.78, 5) is 21.9. The van der Waals surface area contributed by atoms with E-state index in [2.05, 4.69) is 20.8 Å². The minimum absolute atomic E-state index is 0.122. The van der Waals surface area contributed by atoms with E-state index in [1.54, 1.807) is 23.2 Å². The maximum Gasteiger partial charge on any atom is 0.417 e. The van der Waals surface area contributed by atoms with Gasteiger partial charge in [0.05, 0.1) is 17.7 Å². The third kappa shape index (κ3) is 4.48. The Labute approximate surface area is 173 Å². The number of rotatable bonds is 5. The van der Waals surface area contributed by atoms with E-state index < -0.39 is 23.7 Å². The molecule has 2 aromatic heterocycles. The fourth-order valence-electron chi connectivity index (χ4n) is 2.61. The molecule has 1 aliphatic heterocycles. The molecule has 1 aliphatic rings. The topological polar surface area (TPSA) is 79.4 Å². The number of aromatic nitrogens is 2. The molecule has 29 heavy (non-hydrogen) atoms. The molecule has 0 spiro atoms. The number of methoxy groups -OCH3 is 1. The van der Waals surface area contributed by atoms with Crippen LogP contribution in [-0.2, 0) is 11.0 Å².